The van der Waals surface area contributed by atoms with Gasteiger partial charge in [-0.2, -0.15) is 0 Å². The summed E-state index contributed by atoms with van der Waals surface area (Å²) in [4.78, 5) is 26.1. The predicted molar refractivity (Wildman–Crippen MR) is 104 cm³/mol. The number of hydrogen-bond donors (Lipinski definition) is 0. The van der Waals surface area contributed by atoms with E-state index in [2.05, 4.69) is 33.9 Å². The van der Waals surface area contributed by atoms with Crippen molar-refractivity contribution in [3.63, 3.8) is 0 Å². The van der Waals surface area contributed by atoms with Crippen molar-refractivity contribution in [1.82, 2.24) is 4.90 Å². The zero-order valence-corrected chi connectivity index (χ0v) is 17.7. The molecule has 1 aliphatic rings. The fourth-order valence-electron chi connectivity index (χ4n) is 2.87. The summed E-state index contributed by atoms with van der Waals surface area (Å²) < 4.78 is 11.9. The van der Waals surface area contributed by atoms with E-state index in [-0.39, 0.29) is 23.5 Å². The third-order valence-corrected chi connectivity index (χ3v) is 9.97. The second kappa shape index (κ2) is 7.92. The van der Waals surface area contributed by atoms with E-state index in [0.29, 0.717) is 13.0 Å². The van der Waals surface area contributed by atoms with Gasteiger partial charge in [-0.25, -0.2) is 4.79 Å². The van der Waals surface area contributed by atoms with Crippen molar-refractivity contribution in [3.8, 4) is 0 Å². The van der Waals surface area contributed by atoms with Gasteiger partial charge in [0.1, 0.15) is 6.61 Å². The molecule has 1 aromatic rings. The number of carbonyl (C=O) groups is 2. The van der Waals surface area contributed by atoms with Gasteiger partial charge in [-0.15, -0.1) is 0 Å². The fraction of sp³-hybridized carbons (Fsp3) is 0.600. The summed E-state index contributed by atoms with van der Waals surface area (Å²) in [5, 5.41) is 0.0833. The van der Waals surface area contributed by atoms with E-state index in [4.69, 9.17) is 9.16 Å². The fourth-order valence-corrected chi connectivity index (χ4v) is 4.22. The van der Waals surface area contributed by atoms with Crippen LogP contribution in [-0.2, 0) is 20.6 Å². The first kappa shape index (κ1) is 20.6. The van der Waals surface area contributed by atoms with Crippen LogP contribution in [0.2, 0.25) is 18.1 Å². The van der Waals surface area contributed by atoms with Crippen molar-refractivity contribution in [2.75, 3.05) is 6.54 Å². The van der Waals surface area contributed by atoms with Crippen molar-refractivity contribution in [2.45, 2.75) is 71.0 Å². The number of likely N-dealkylation sites (tertiary alicyclic amines) is 1. The van der Waals surface area contributed by atoms with E-state index >= 15 is 0 Å². The Kier molecular flexibility index (Phi) is 6.29. The molecule has 1 heterocycles. The number of benzene rings is 1. The van der Waals surface area contributed by atoms with Crippen LogP contribution in [-0.4, -0.2) is 43.8 Å². The Morgan fingerprint density at radius 1 is 1.19 bits per heavy atom. The first-order chi connectivity index (χ1) is 12.0. The number of hydrogen-bond acceptors (Lipinski definition) is 4. The van der Waals surface area contributed by atoms with Gasteiger partial charge in [-0.05, 0) is 30.6 Å². The molecule has 0 N–H and O–H groups in total. The van der Waals surface area contributed by atoms with Crippen LogP contribution >= 0.6 is 0 Å². The minimum atomic E-state index is -1.96. The van der Waals surface area contributed by atoms with E-state index in [0.717, 1.165) is 5.56 Å². The topological polar surface area (TPSA) is 55.8 Å². The molecular weight excluding hydrogens is 346 g/mol. The van der Waals surface area contributed by atoms with Crippen LogP contribution < -0.4 is 0 Å². The highest BCUT2D eigenvalue weighted by molar-refractivity contribution is 6.74. The summed E-state index contributed by atoms with van der Waals surface area (Å²) in [6.07, 6.45) is -0.0214. The van der Waals surface area contributed by atoms with Crippen molar-refractivity contribution >= 4 is 20.2 Å². The smallest absolute Gasteiger partial charge is 0.410 e. The van der Waals surface area contributed by atoms with Crippen molar-refractivity contribution in [3.05, 3.63) is 35.9 Å². The molecule has 1 amide bonds. The van der Waals surface area contributed by atoms with Crippen LogP contribution in [0.5, 0.6) is 0 Å². The molecule has 2 atom stereocenters. The maximum absolute atomic E-state index is 12.5. The van der Waals surface area contributed by atoms with E-state index in [1.807, 2.05) is 30.3 Å². The summed E-state index contributed by atoms with van der Waals surface area (Å²) in [5.41, 5.74) is 0.925. The lowest BCUT2D eigenvalue weighted by Crippen LogP contribution is -2.45. The second-order valence-electron chi connectivity index (χ2n) is 8.55. The van der Waals surface area contributed by atoms with Gasteiger partial charge < -0.3 is 9.16 Å². The lowest BCUT2D eigenvalue weighted by atomic mass is 10.1. The zero-order valence-electron chi connectivity index (χ0n) is 16.7. The second-order valence-corrected chi connectivity index (χ2v) is 13.3. The number of carbonyl (C=O) groups excluding carboxylic acids is 2. The summed E-state index contributed by atoms with van der Waals surface area (Å²) in [5.74, 6) is -0.0250. The Balaban J connectivity index is 2.02. The molecule has 5 nitrogen and oxygen atoms in total. The Bertz CT molecular complexity index is 639. The molecule has 0 aliphatic carbocycles. The molecule has 0 bridgehead atoms. The molecule has 1 aromatic carbocycles. The molecule has 0 radical (unpaired) electrons. The molecule has 0 spiro atoms. The first-order valence-corrected chi connectivity index (χ1v) is 12.1. The summed E-state index contributed by atoms with van der Waals surface area (Å²) in [6, 6.07) is 9.07. The summed E-state index contributed by atoms with van der Waals surface area (Å²) in [7, 11) is -1.96. The van der Waals surface area contributed by atoms with Crippen LogP contribution in [0.25, 0.3) is 0 Å². The van der Waals surface area contributed by atoms with Crippen molar-refractivity contribution in [2.24, 2.45) is 0 Å². The quantitative estimate of drug-likeness (QED) is 0.715. The lowest BCUT2D eigenvalue weighted by Gasteiger charge is -2.38. The average Bonchev–Trinajstić information content (AvgIpc) is 2.96. The standard InChI is InChI=1S/C20H31NO4Si/c1-15(22)18-12-17(25-26(5,6)20(2,3)4)13-21(18)19(23)24-14-16-10-8-7-9-11-16/h7-11,17-18H,12-14H2,1-6H3/t17-,18-/m1/s1. The molecule has 1 fully saturated rings. The van der Waals surface area contributed by atoms with E-state index in [1.165, 1.54) is 11.8 Å². The van der Waals surface area contributed by atoms with Gasteiger partial charge in [0.15, 0.2) is 14.1 Å². The minimum Gasteiger partial charge on any atom is -0.445 e. The highest BCUT2D eigenvalue weighted by Gasteiger charge is 2.45. The first-order valence-electron chi connectivity index (χ1n) is 9.17. The molecule has 1 saturated heterocycles. The normalized spacial score (nSPS) is 20.9. The average molecular weight is 378 g/mol. The summed E-state index contributed by atoms with van der Waals surface area (Å²) in [6.45, 7) is 13.1. The third-order valence-electron chi connectivity index (χ3n) is 5.44. The molecule has 144 valence electrons. The maximum Gasteiger partial charge on any atom is 0.410 e. The van der Waals surface area contributed by atoms with Gasteiger partial charge in [-0.3, -0.25) is 9.69 Å². The van der Waals surface area contributed by atoms with Gasteiger partial charge in [-0.1, -0.05) is 51.1 Å². The Hall–Kier alpha value is -1.66. The van der Waals surface area contributed by atoms with Crippen molar-refractivity contribution in [1.29, 1.82) is 0 Å². The highest BCUT2D eigenvalue weighted by atomic mass is 28.4. The highest BCUT2D eigenvalue weighted by Crippen LogP contribution is 2.39. The number of ether oxygens (including phenoxy) is 1. The van der Waals surface area contributed by atoms with E-state index in [9.17, 15) is 9.59 Å². The minimum absolute atomic E-state index is 0.0250. The zero-order chi connectivity index (χ0) is 19.5. The van der Waals surface area contributed by atoms with Crippen LogP contribution in [0.4, 0.5) is 4.79 Å². The molecule has 0 aromatic heterocycles. The molecule has 0 saturated carbocycles. The number of amides is 1. The lowest BCUT2D eigenvalue weighted by molar-refractivity contribution is -0.120. The molecule has 2 rings (SSSR count). The summed E-state index contributed by atoms with van der Waals surface area (Å²) >= 11 is 0. The van der Waals surface area contributed by atoms with E-state index < -0.39 is 20.5 Å². The van der Waals surface area contributed by atoms with Crippen LogP contribution in [0, 0.1) is 0 Å². The molecule has 1 aliphatic heterocycles. The van der Waals surface area contributed by atoms with Gasteiger partial charge in [0.25, 0.3) is 0 Å². The number of Topliss-reactive ketones (excluding diaryl/α,β-unsaturated/α-hetero) is 1. The van der Waals surface area contributed by atoms with Crippen LogP contribution in [0.15, 0.2) is 30.3 Å². The Morgan fingerprint density at radius 3 is 2.35 bits per heavy atom. The molecule has 26 heavy (non-hydrogen) atoms. The SMILES string of the molecule is CC(=O)[C@H]1C[C@@H](O[Si](C)(C)C(C)(C)C)CN1C(=O)OCc1ccccc1. The van der Waals surface area contributed by atoms with Gasteiger partial charge in [0.05, 0.1) is 12.1 Å². The Labute approximate surface area is 157 Å². The molecule has 0 unspecified atom stereocenters. The number of rotatable bonds is 5. The van der Waals surface area contributed by atoms with Gasteiger partial charge in [0, 0.05) is 13.0 Å². The van der Waals surface area contributed by atoms with Crippen molar-refractivity contribution < 1.29 is 18.8 Å². The van der Waals surface area contributed by atoms with E-state index in [1.54, 1.807) is 0 Å². The van der Waals surface area contributed by atoms with Gasteiger partial charge in [0.2, 0.25) is 0 Å². The number of ketones is 1. The molecule has 6 heteroatoms. The van der Waals surface area contributed by atoms with Crippen LogP contribution in [0.3, 0.4) is 0 Å². The van der Waals surface area contributed by atoms with Gasteiger partial charge >= 0.3 is 6.09 Å². The molecular formula is C20H31NO4Si. The number of nitrogens with zero attached hydrogens (tertiary/aromatic N) is 1. The Morgan fingerprint density at radius 2 is 1.81 bits per heavy atom. The van der Waals surface area contributed by atoms with Crippen LogP contribution in [0.1, 0.15) is 39.7 Å². The largest absolute Gasteiger partial charge is 0.445 e. The third kappa shape index (κ3) is 4.95. The predicted octanol–water partition coefficient (Wildman–Crippen LogP) is 4.38. The monoisotopic (exact) mass is 377 g/mol. The maximum atomic E-state index is 12.5.